The van der Waals surface area contributed by atoms with Crippen molar-refractivity contribution in [1.82, 2.24) is 20.5 Å². The number of aromatic nitrogens is 1. The number of H-pyrrole nitrogens is 1. The summed E-state index contributed by atoms with van der Waals surface area (Å²) in [5, 5.41) is 8.03. The van der Waals surface area contributed by atoms with Crippen molar-refractivity contribution in [2.45, 2.75) is 20.3 Å². The molecule has 23 heavy (non-hydrogen) atoms. The fraction of sp³-hybridized carbons (Fsp3) is 0.500. The smallest absolute Gasteiger partial charge is 0.191 e. The fourth-order valence-corrected chi connectivity index (χ4v) is 2.49. The van der Waals surface area contributed by atoms with Gasteiger partial charge in [0.2, 0.25) is 0 Å². The summed E-state index contributed by atoms with van der Waals surface area (Å²) in [4.78, 5) is 10.2. The molecule has 0 spiro atoms. The Hall–Kier alpha value is -2.01. The number of benzene rings is 1. The molecule has 0 saturated heterocycles. The zero-order valence-electron chi connectivity index (χ0n) is 14.5. The summed E-state index contributed by atoms with van der Waals surface area (Å²) in [5.41, 5.74) is 2.54. The third kappa shape index (κ3) is 5.28. The Balaban J connectivity index is 1.85. The largest absolute Gasteiger partial charge is 0.361 e. The predicted molar refractivity (Wildman–Crippen MR) is 99.2 cm³/mol. The van der Waals surface area contributed by atoms with Crippen LogP contribution in [0.5, 0.6) is 0 Å². The Morgan fingerprint density at radius 3 is 2.83 bits per heavy atom. The van der Waals surface area contributed by atoms with Crippen molar-refractivity contribution < 1.29 is 0 Å². The van der Waals surface area contributed by atoms with E-state index < -0.39 is 0 Å². The fourth-order valence-electron chi connectivity index (χ4n) is 2.49. The summed E-state index contributed by atoms with van der Waals surface area (Å²) >= 11 is 0. The quantitative estimate of drug-likeness (QED) is 0.517. The van der Waals surface area contributed by atoms with Gasteiger partial charge >= 0.3 is 0 Å². The molecular formula is C18H29N5. The number of fused-ring (bicyclic) bond motifs is 1. The monoisotopic (exact) mass is 315 g/mol. The van der Waals surface area contributed by atoms with Crippen LogP contribution in [-0.2, 0) is 6.42 Å². The second-order valence-electron chi connectivity index (χ2n) is 5.69. The van der Waals surface area contributed by atoms with Crippen molar-refractivity contribution in [3.63, 3.8) is 0 Å². The first-order valence-corrected chi connectivity index (χ1v) is 8.50. The molecule has 5 heteroatoms. The normalized spacial score (nSPS) is 12.1. The van der Waals surface area contributed by atoms with Crippen LogP contribution in [0.2, 0.25) is 0 Å². The summed E-state index contributed by atoms with van der Waals surface area (Å²) in [7, 11) is 2.12. The summed E-state index contributed by atoms with van der Waals surface area (Å²) < 4.78 is 0. The Labute approximate surface area is 139 Å². The molecule has 2 aromatic rings. The van der Waals surface area contributed by atoms with Gasteiger partial charge in [-0.3, -0.25) is 4.99 Å². The van der Waals surface area contributed by atoms with E-state index in [4.69, 9.17) is 0 Å². The van der Waals surface area contributed by atoms with Gasteiger partial charge in [-0.05, 0) is 38.6 Å². The number of aliphatic imine (C=N–C) groups is 1. The van der Waals surface area contributed by atoms with Crippen molar-refractivity contribution in [3.8, 4) is 0 Å². The van der Waals surface area contributed by atoms with E-state index in [0.29, 0.717) is 0 Å². The van der Waals surface area contributed by atoms with Crippen LogP contribution >= 0.6 is 0 Å². The zero-order chi connectivity index (χ0) is 16.5. The lowest BCUT2D eigenvalue weighted by atomic mass is 10.1. The van der Waals surface area contributed by atoms with Gasteiger partial charge in [-0.1, -0.05) is 25.1 Å². The molecule has 0 amide bonds. The number of rotatable bonds is 8. The summed E-state index contributed by atoms with van der Waals surface area (Å²) in [5.74, 6) is 0.900. The average molecular weight is 315 g/mol. The van der Waals surface area contributed by atoms with Gasteiger partial charge in [-0.2, -0.15) is 0 Å². The first-order valence-electron chi connectivity index (χ1n) is 8.50. The molecule has 5 nitrogen and oxygen atoms in total. The summed E-state index contributed by atoms with van der Waals surface area (Å²) in [6.07, 6.45) is 3.08. The van der Waals surface area contributed by atoms with E-state index in [1.165, 1.54) is 16.5 Å². The van der Waals surface area contributed by atoms with Crippen LogP contribution in [0, 0.1) is 0 Å². The van der Waals surface area contributed by atoms with Crippen molar-refractivity contribution in [1.29, 1.82) is 0 Å². The number of nitrogens with zero attached hydrogens (tertiary/aromatic N) is 2. The van der Waals surface area contributed by atoms with Crippen LogP contribution in [0.25, 0.3) is 10.9 Å². The molecule has 0 aliphatic heterocycles. The summed E-state index contributed by atoms with van der Waals surface area (Å²) in [6.45, 7) is 8.85. The van der Waals surface area contributed by atoms with Crippen LogP contribution in [0.3, 0.4) is 0 Å². The highest BCUT2D eigenvalue weighted by Crippen LogP contribution is 2.17. The SMILES string of the molecule is CCNC(=NCCN(C)CC)NCCc1c[nH]c2ccccc12. The molecule has 3 N–H and O–H groups in total. The van der Waals surface area contributed by atoms with Gasteiger partial charge in [0.25, 0.3) is 0 Å². The van der Waals surface area contributed by atoms with Gasteiger partial charge < -0.3 is 20.5 Å². The number of nitrogens with one attached hydrogen (secondary N) is 3. The van der Waals surface area contributed by atoms with E-state index in [9.17, 15) is 0 Å². The Morgan fingerprint density at radius 2 is 2.04 bits per heavy atom. The lowest BCUT2D eigenvalue weighted by Gasteiger charge is -2.14. The molecule has 0 bridgehead atoms. The highest BCUT2D eigenvalue weighted by molar-refractivity contribution is 5.83. The van der Waals surface area contributed by atoms with E-state index in [1.807, 2.05) is 0 Å². The molecular weight excluding hydrogens is 286 g/mol. The van der Waals surface area contributed by atoms with E-state index >= 15 is 0 Å². The topological polar surface area (TPSA) is 55.5 Å². The third-order valence-corrected chi connectivity index (χ3v) is 4.00. The molecule has 0 aliphatic carbocycles. The second-order valence-corrected chi connectivity index (χ2v) is 5.69. The predicted octanol–water partition coefficient (Wildman–Crippen LogP) is 2.22. The lowest BCUT2D eigenvalue weighted by Crippen LogP contribution is -2.38. The number of hydrogen-bond acceptors (Lipinski definition) is 2. The molecule has 0 aliphatic rings. The number of guanidine groups is 1. The first kappa shape index (κ1) is 17.3. The average Bonchev–Trinajstić information content (AvgIpc) is 2.98. The molecule has 1 aromatic heterocycles. The maximum atomic E-state index is 4.63. The maximum Gasteiger partial charge on any atom is 0.191 e. The minimum atomic E-state index is 0.812. The van der Waals surface area contributed by atoms with Crippen LogP contribution in [0.15, 0.2) is 35.5 Å². The van der Waals surface area contributed by atoms with Crippen LogP contribution in [0.1, 0.15) is 19.4 Å². The molecule has 0 unspecified atom stereocenters. The molecule has 0 saturated carbocycles. The molecule has 0 radical (unpaired) electrons. The molecule has 1 aromatic carbocycles. The third-order valence-electron chi connectivity index (χ3n) is 4.00. The highest BCUT2D eigenvalue weighted by Gasteiger charge is 2.03. The molecule has 0 fully saturated rings. The number of likely N-dealkylation sites (N-methyl/N-ethyl adjacent to an activating group) is 1. The lowest BCUT2D eigenvalue weighted by molar-refractivity contribution is 0.363. The van der Waals surface area contributed by atoms with Gasteiger partial charge in [0.15, 0.2) is 5.96 Å². The van der Waals surface area contributed by atoms with E-state index in [0.717, 1.165) is 45.1 Å². The van der Waals surface area contributed by atoms with Gasteiger partial charge in [-0.25, -0.2) is 0 Å². The minimum absolute atomic E-state index is 0.812. The maximum absolute atomic E-state index is 4.63. The second kappa shape index (κ2) is 9.20. The summed E-state index contributed by atoms with van der Waals surface area (Å²) in [6, 6.07) is 8.43. The zero-order valence-corrected chi connectivity index (χ0v) is 14.5. The van der Waals surface area contributed by atoms with E-state index in [-0.39, 0.29) is 0 Å². The van der Waals surface area contributed by atoms with Gasteiger partial charge in [0.05, 0.1) is 6.54 Å². The van der Waals surface area contributed by atoms with E-state index in [2.05, 4.69) is 76.9 Å². The standard InChI is InChI=1S/C18H29N5/c1-4-19-18(21-12-13-23(3)5-2)20-11-10-15-14-22-17-9-7-6-8-16(15)17/h6-9,14,22H,4-5,10-13H2,1-3H3,(H2,19,20,21). The first-order chi connectivity index (χ1) is 11.2. The van der Waals surface area contributed by atoms with Crippen molar-refractivity contribution in [2.75, 3.05) is 39.8 Å². The van der Waals surface area contributed by atoms with Crippen molar-refractivity contribution >= 4 is 16.9 Å². The molecule has 2 rings (SSSR count). The Morgan fingerprint density at radius 1 is 1.22 bits per heavy atom. The van der Waals surface area contributed by atoms with Crippen LogP contribution < -0.4 is 10.6 Å². The van der Waals surface area contributed by atoms with Crippen LogP contribution in [0.4, 0.5) is 0 Å². The number of para-hydroxylation sites is 1. The highest BCUT2D eigenvalue weighted by atomic mass is 15.2. The Bertz CT molecular complexity index is 617. The molecule has 1 heterocycles. The van der Waals surface area contributed by atoms with Gasteiger partial charge in [0.1, 0.15) is 0 Å². The van der Waals surface area contributed by atoms with Gasteiger partial charge in [-0.15, -0.1) is 0 Å². The minimum Gasteiger partial charge on any atom is -0.361 e. The van der Waals surface area contributed by atoms with Crippen molar-refractivity contribution in [3.05, 3.63) is 36.0 Å². The number of hydrogen-bond donors (Lipinski definition) is 3. The molecule has 0 atom stereocenters. The Kier molecular flexibility index (Phi) is 6.94. The van der Waals surface area contributed by atoms with E-state index in [1.54, 1.807) is 0 Å². The van der Waals surface area contributed by atoms with Gasteiger partial charge in [0, 0.05) is 36.7 Å². The van der Waals surface area contributed by atoms with Crippen molar-refractivity contribution in [2.24, 2.45) is 4.99 Å². The molecule has 126 valence electrons. The van der Waals surface area contributed by atoms with Crippen LogP contribution in [-0.4, -0.2) is 55.6 Å². The number of aromatic amines is 1.